The summed E-state index contributed by atoms with van der Waals surface area (Å²) in [5.74, 6) is 0. The molecule has 3 aromatic rings. The molecular formula is C17H20N4. The molecule has 0 radical (unpaired) electrons. The Balaban J connectivity index is 1.60. The third-order valence-corrected chi connectivity index (χ3v) is 4.70. The summed E-state index contributed by atoms with van der Waals surface area (Å²) in [6, 6.07) is 8.50. The molecule has 1 aliphatic rings. The Labute approximate surface area is 124 Å². The van der Waals surface area contributed by atoms with Gasteiger partial charge >= 0.3 is 0 Å². The van der Waals surface area contributed by atoms with Crippen LogP contribution in [0.3, 0.4) is 0 Å². The van der Waals surface area contributed by atoms with E-state index in [2.05, 4.69) is 57.7 Å². The van der Waals surface area contributed by atoms with Crippen molar-refractivity contribution in [2.75, 3.05) is 6.54 Å². The number of H-pyrrole nitrogens is 2. The van der Waals surface area contributed by atoms with E-state index in [1.165, 1.54) is 27.9 Å². The Morgan fingerprint density at radius 3 is 3.10 bits per heavy atom. The molecule has 0 amide bonds. The lowest BCUT2D eigenvalue weighted by atomic mass is 9.86. The van der Waals surface area contributed by atoms with Gasteiger partial charge in [-0.3, -0.25) is 0 Å². The zero-order valence-electron chi connectivity index (χ0n) is 12.2. The summed E-state index contributed by atoms with van der Waals surface area (Å²) in [4.78, 5) is 11.2. The third kappa shape index (κ3) is 2.07. The molecule has 0 spiro atoms. The van der Waals surface area contributed by atoms with Crippen LogP contribution < -0.4 is 5.32 Å². The molecule has 0 saturated carbocycles. The number of benzene rings is 1. The summed E-state index contributed by atoms with van der Waals surface area (Å²) < 4.78 is 0. The van der Waals surface area contributed by atoms with Crippen molar-refractivity contribution in [2.45, 2.75) is 31.7 Å². The first-order chi connectivity index (χ1) is 10.3. The van der Waals surface area contributed by atoms with E-state index in [1.54, 1.807) is 0 Å². The highest BCUT2D eigenvalue weighted by Gasteiger charge is 2.33. The fraction of sp³-hybridized carbons (Fsp3) is 0.353. The molecule has 2 aromatic heterocycles. The van der Waals surface area contributed by atoms with Gasteiger partial charge in [-0.15, -0.1) is 0 Å². The van der Waals surface area contributed by atoms with Crippen LogP contribution in [0.2, 0.25) is 0 Å². The number of hydrogen-bond acceptors (Lipinski definition) is 2. The molecule has 0 saturated heterocycles. The molecule has 4 rings (SSSR count). The monoisotopic (exact) mass is 280 g/mol. The van der Waals surface area contributed by atoms with Gasteiger partial charge in [-0.25, -0.2) is 4.98 Å². The molecule has 0 fully saturated rings. The fourth-order valence-electron chi connectivity index (χ4n) is 3.46. The highest BCUT2D eigenvalue weighted by molar-refractivity contribution is 5.83. The van der Waals surface area contributed by atoms with Gasteiger partial charge in [-0.05, 0) is 31.4 Å². The molecular weight excluding hydrogens is 260 g/mol. The van der Waals surface area contributed by atoms with E-state index in [1.807, 2.05) is 6.33 Å². The standard InChI is InChI=1S/C17H20N4/c1-17(16-15(7-9-21-17)19-11-20-16)8-6-12-10-18-14-5-3-2-4-13(12)14/h2-5,10-11,18,21H,6-9H2,1H3,(H,19,20). The van der Waals surface area contributed by atoms with Crippen molar-refractivity contribution in [1.29, 1.82) is 0 Å². The van der Waals surface area contributed by atoms with E-state index in [4.69, 9.17) is 0 Å². The van der Waals surface area contributed by atoms with Crippen LogP contribution in [-0.2, 0) is 18.4 Å². The number of aromatic amines is 2. The Hall–Kier alpha value is -2.07. The minimum Gasteiger partial charge on any atom is -0.361 e. The van der Waals surface area contributed by atoms with Crippen molar-refractivity contribution >= 4 is 10.9 Å². The van der Waals surface area contributed by atoms with Crippen molar-refractivity contribution < 1.29 is 0 Å². The Morgan fingerprint density at radius 1 is 1.24 bits per heavy atom. The molecule has 108 valence electrons. The first-order valence-electron chi connectivity index (χ1n) is 7.59. The second-order valence-corrected chi connectivity index (χ2v) is 6.10. The summed E-state index contributed by atoms with van der Waals surface area (Å²) in [7, 11) is 0. The highest BCUT2D eigenvalue weighted by atomic mass is 15.1. The second-order valence-electron chi connectivity index (χ2n) is 6.10. The molecule has 1 aromatic carbocycles. The summed E-state index contributed by atoms with van der Waals surface area (Å²) in [6.07, 6.45) is 7.09. The van der Waals surface area contributed by atoms with E-state index < -0.39 is 0 Å². The van der Waals surface area contributed by atoms with Gasteiger partial charge < -0.3 is 15.3 Å². The maximum Gasteiger partial charge on any atom is 0.0926 e. The number of aromatic nitrogens is 3. The van der Waals surface area contributed by atoms with E-state index >= 15 is 0 Å². The molecule has 1 atom stereocenters. The lowest BCUT2D eigenvalue weighted by Gasteiger charge is -2.34. The van der Waals surface area contributed by atoms with Gasteiger partial charge in [0.1, 0.15) is 0 Å². The van der Waals surface area contributed by atoms with Crippen LogP contribution in [0.5, 0.6) is 0 Å². The quantitative estimate of drug-likeness (QED) is 0.691. The topological polar surface area (TPSA) is 56.5 Å². The first-order valence-corrected chi connectivity index (χ1v) is 7.59. The smallest absolute Gasteiger partial charge is 0.0926 e. The number of para-hydroxylation sites is 1. The fourth-order valence-corrected chi connectivity index (χ4v) is 3.46. The maximum absolute atomic E-state index is 4.55. The van der Waals surface area contributed by atoms with Crippen molar-refractivity contribution in [3.05, 3.63) is 53.7 Å². The second kappa shape index (κ2) is 4.74. The third-order valence-electron chi connectivity index (χ3n) is 4.70. The number of imidazole rings is 1. The Bertz CT molecular complexity index is 770. The van der Waals surface area contributed by atoms with Crippen molar-refractivity contribution in [3.63, 3.8) is 0 Å². The molecule has 1 aliphatic heterocycles. The summed E-state index contributed by atoms with van der Waals surface area (Å²) in [5, 5.41) is 4.99. The van der Waals surface area contributed by atoms with Crippen molar-refractivity contribution in [2.24, 2.45) is 0 Å². The van der Waals surface area contributed by atoms with Gasteiger partial charge in [-0.1, -0.05) is 18.2 Å². The van der Waals surface area contributed by atoms with Crippen LogP contribution in [0.1, 0.15) is 30.3 Å². The normalized spacial score (nSPS) is 21.6. The number of aryl methyl sites for hydroxylation is 1. The zero-order valence-corrected chi connectivity index (χ0v) is 12.2. The van der Waals surface area contributed by atoms with Gasteiger partial charge in [0, 0.05) is 35.8 Å². The average Bonchev–Trinajstić information content (AvgIpc) is 3.13. The molecule has 21 heavy (non-hydrogen) atoms. The van der Waals surface area contributed by atoms with Crippen LogP contribution in [0.15, 0.2) is 36.8 Å². The predicted octanol–water partition coefficient (Wildman–Crippen LogP) is 2.88. The average molecular weight is 280 g/mol. The SMILES string of the molecule is CC1(CCc2c[nH]c3ccccc23)NCCc2[nH]cnc21. The minimum atomic E-state index is -0.0358. The van der Waals surface area contributed by atoms with Crippen LogP contribution >= 0.6 is 0 Å². The van der Waals surface area contributed by atoms with E-state index in [0.29, 0.717) is 0 Å². The van der Waals surface area contributed by atoms with E-state index in [-0.39, 0.29) is 5.54 Å². The lowest BCUT2D eigenvalue weighted by molar-refractivity contribution is 0.314. The number of rotatable bonds is 3. The Morgan fingerprint density at radius 2 is 2.14 bits per heavy atom. The van der Waals surface area contributed by atoms with E-state index in [0.717, 1.165) is 25.8 Å². The predicted molar refractivity (Wildman–Crippen MR) is 84.3 cm³/mol. The summed E-state index contributed by atoms with van der Waals surface area (Å²) in [5.41, 5.74) is 5.04. The van der Waals surface area contributed by atoms with Gasteiger partial charge in [0.15, 0.2) is 0 Å². The number of hydrogen-bond donors (Lipinski definition) is 3. The van der Waals surface area contributed by atoms with Gasteiger partial charge in [0.05, 0.1) is 17.6 Å². The maximum atomic E-state index is 4.55. The number of nitrogens with one attached hydrogen (secondary N) is 3. The molecule has 0 aliphatic carbocycles. The Kier molecular flexibility index (Phi) is 2.86. The zero-order chi connectivity index (χ0) is 14.3. The van der Waals surface area contributed by atoms with Gasteiger partial charge in [-0.2, -0.15) is 0 Å². The largest absolute Gasteiger partial charge is 0.361 e. The van der Waals surface area contributed by atoms with Crippen molar-refractivity contribution in [1.82, 2.24) is 20.3 Å². The van der Waals surface area contributed by atoms with Crippen LogP contribution in [0, 0.1) is 0 Å². The van der Waals surface area contributed by atoms with Crippen LogP contribution in [0.4, 0.5) is 0 Å². The van der Waals surface area contributed by atoms with Crippen LogP contribution in [0.25, 0.3) is 10.9 Å². The molecule has 3 heterocycles. The molecule has 4 nitrogen and oxygen atoms in total. The summed E-state index contributed by atoms with van der Waals surface area (Å²) in [6.45, 7) is 3.28. The molecule has 3 N–H and O–H groups in total. The van der Waals surface area contributed by atoms with Gasteiger partial charge in [0.2, 0.25) is 0 Å². The number of fused-ring (bicyclic) bond motifs is 2. The van der Waals surface area contributed by atoms with Gasteiger partial charge in [0.25, 0.3) is 0 Å². The lowest BCUT2D eigenvalue weighted by Crippen LogP contribution is -2.45. The van der Waals surface area contributed by atoms with E-state index in [9.17, 15) is 0 Å². The first kappa shape index (κ1) is 12.7. The van der Waals surface area contributed by atoms with Crippen LogP contribution in [-0.4, -0.2) is 21.5 Å². The molecule has 0 bridgehead atoms. The summed E-state index contributed by atoms with van der Waals surface area (Å²) >= 11 is 0. The minimum absolute atomic E-state index is 0.0358. The number of nitrogens with zero attached hydrogens (tertiary/aromatic N) is 1. The van der Waals surface area contributed by atoms with Crippen molar-refractivity contribution in [3.8, 4) is 0 Å². The molecule has 4 heteroatoms. The molecule has 1 unspecified atom stereocenters. The highest BCUT2D eigenvalue weighted by Crippen LogP contribution is 2.31.